The number of carbonyl (C=O) groups is 1. The average molecular weight is 693 g/mol. The molecule has 0 saturated carbocycles. The summed E-state index contributed by atoms with van der Waals surface area (Å²) in [5.41, 5.74) is 10.3. The van der Waals surface area contributed by atoms with Crippen LogP contribution in [0.2, 0.25) is 0 Å². The first-order valence-electron chi connectivity index (χ1n) is 17.5. The molecule has 2 aliphatic carbocycles. The van der Waals surface area contributed by atoms with Gasteiger partial charge in [0.2, 0.25) is 0 Å². The van der Waals surface area contributed by atoms with Gasteiger partial charge in [-0.05, 0) is 127 Å². The second kappa shape index (κ2) is 14.6. The summed E-state index contributed by atoms with van der Waals surface area (Å²) >= 11 is 0. The summed E-state index contributed by atoms with van der Waals surface area (Å²) in [6, 6.07) is 21.1. The fraction of sp³-hybridized carbons (Fsp3) is 0.310. The number of aromatic nitrogens is 2. The smallest absolute Gasteiger partial charge is 0.354 e. The predicted octanol–water partition coefficient (Wildman–Crippen LogP) is 8.32. The molecule has 7 nitrogen and oxygen atoms in total. The van der Waals surface area contributed by atoms with E-state index in [1.54, 1.807) is 39.3 Å². The Kier molecular flexibility index (Phi) is 9.82. The van der Waals surface area contributed by atoms with E-state index in [4.69, 9.17) is 14.2 Å². The second-order valence-corrected chi connectivity index (χ2v) is 13.1. The molecule has 0 saturated heterocycles. The Balaban J connectivity index is 0.000000160. The quantitative estimate of drug-likeness (QED) is 0.154. The molecular formula is C42H42F2N2O5. The summed E-state index contributed by atoms with van der Waals surface area (Å²) in [6.07, 6.45) is 6.27. The molecular weight excluding hydrogens is 650 g/mol. The first kappa shape index (κ1) is 34.3. The van der Waals surface area contributed by atoms with E-state index in [0.29, 0.717) is 25.4 Å². The number of esters is 1. The van der Waals surface area contributed by atoms with Crippen LogP contribution in [0.1, 0.15) is 69.3 Å². The number of aliphatic hydroxyl groups excluding tert-OH is 1. The van der Waals surface area contributed by atoms with Crippen molar-refractivity contribution in [2.45, 2.75) is 65.1 Å². The number of methoxy groups -OCH3 is 2. The van der Waals surface area contributed by atoms with Gasteiger partial charge in [-0.15, -0.1) is 0 Å². The Morgan fingerprint density at radius 2 is 1.25 bits per heavy atom. The fourth-order valence-electron chi connectivity index (χ4n) is 7.87. The maximum Gasteiger partial charge on any atom is 0.354 e. The van der Waals surface area contributed by atoms with Crippen molar-refractivity contribution in [3.63, 3.8) is 0 Å². The van der Waals surface area contributed by atoms with Gasteiger partial charge in [0.15, 0.2) is 0 Å². The number of aliphatic hydroxyl groups is 1. The van der Waals surface area contributed by atoms with Gasteiger partial charge in [0.25, 0.3) is 0 Å². The van der Waals surface area contributed by atoms with Crippen molar-refractivity contribution in [3.8, 4) is 11.5 Å². The SMILES string of the molecule is CCOC(=O)c1cc2c(OC)cc3c(c2n1Cc1cccc(F)c1)CCC3.COc1cc2c(c3c1cc(CO)n3Cc1cccc(F)c1)CCC2. The van der Waals surface area contributed by atoms with Crippen LogP contribution in [0.3, 0.4) is 0 Å². The number of benzene rings is 4. The first-order valence-corrected chi connectivity index (χ1v) is 17.5. The summed E-state index contributed by atoms with van der Waals surface area (Å²) in [7, 11) is 3.32. The lowest BCUT2D eigenvalue weighted by Crippen LogP contribution is -2.13. The zero-order valence-corrected chi connectivity index (χ0v) is 29.2. The lowest BCUT2D eigenvalue weighted by molar-refractivity contribution is 0.0515. The maximum atomic E-state index is 13.7. The van der Waals surface area contributed by atoms with Gasteiger partial charge in [-0.1, -0.05) is 24.3 Å². The van der Waals surface area contributed by atoms with Crippen LogP contribution in [0, 0.1) is 11.6 Å². The van der Waals surface area contributed by atoms with E-state index in [-0.39, 0.29) is 24.2 Å². The number of hydrogen-bond acceptors (Lipinski definition) is 5. The summed E-state index contributed by atoms with van der Waals surface area (Å²) in [5, 5.41) is 11.8. The Bertz CT molecular complexity index is 2250. The van der Waals surface area contributed by atoms with Crippen LogP contribution in [-0.2, 0) is 50.1 Å². The van der Waals surface area contributed by atoms with Gasteiger partial charge < -0.3 is 28.5 Å². The summed E-state index contributed by atoms with van der Waals surface area (Å²) in [6.45, 7) is 2.97. The topological polar surface area (TPSA) is 74.8 Å². The van der Waals surface area contributed by atoms with E-state index in [1.807, 2.05) is 28.8 Å². The maximum absolute atomic E-state index is 13.7. The van der Waals surface area contributed by atoms with E-state index < -0.39 is 0 Å². The van der Waals surface area contributed by atoms with E-state index >= 15 is 0 Å². The monoisotopic (exact) mass is 692 g/mol. The van der Waals surface area contributed by atoms with Gasteiger partial charge in [-0.25, -0.2) is 13.6 Å². The molecule has 0 atom stereocenters. The lowest BCUT2D eigenvalue weighted by atomic mass is 10.1. The minimum absolute atomic E-state index is 0.0536. The normalized spacial score (nSPS) is 13.2. The fourth-order valence-corrected chi connectivity index (χ4v) is 7.87. The van der Waals surface area contributed by atoms with E-state index in [0.717, 1.165) is 88.7 Å². The molecule has 6 aromatic rings. The average Bonchev–Trinajstić information content (AvgIpc) is 3.93. The molecule has 0 spiro atoms. The molecule has 51 heavy (non-hydrogen) atoms. The highest BCUT2D eigenvalue weighted by molar-refractivity contribution is 6.00. The Labute approximate surface area is 296 Å². The molecule has 0 aliphatic heterocycles. The van der Waals surface area contributed by atoms with Crippen molar-refractivity contribution >= 4 is 27.8 Å². The Hall–Kier alpha value is -5.15. The van der Waals surface area contributed by atoms with Crippen molar-refractivity contribution in [3.05, 3.63) is 129 Å². The molecule has 0 bridgehead atoms. The van der Waals surface area contributed by atoms with Gasteiger partial charge >= 0.3 is 5.97 Å². The number of halogens is 2. The third kappa shape index (κ3) is 6.58. The van der Waals surface area contributed by atoms with Crippen molar-refractivity contribution in [2.24, 2.45) is 0 Å². The first-order chi connectivity index (χ1) is 24.8. The standard InChI is InChI=1S/C22H22FNO3.C20H20FNO2/c1-3-27-22(25)19-12-18-20(26-2)11-15-7-5-9-17(15)21(18)24(19)13-14-6-4-8-16(23)10-14;1-24-19-9-14-5-3-7-17(14)20-18(19)10-16(12-23)22(20)11-13-4-2-6-15(21)8-13/h4,6,8,10-12H,3,5,7,9,13H2,1-2H3;2,4,6,8-10,23H,3,5,7,11-12H2,1H3. The van der Waals surface area contributed by atoms with Gasteiger partial charge in [-0.3, -0.25) is 0 Å². The summed E-state index contributed by atoms with van der Waals surface area (Å²) in [5.74, 6) is 0.702. The number of hydrogen-bond donors (Lipinski definition) is 1. The number of carbonyl (C=O) groups excluding carboxylic acids is 1. The van der Waals surface area contributed by atoms with Crippen molar-refractivity contribution < 1.29 is 32.9 Å². The molecule has 2 aromatic heterocycles. The molecule has 0 amide bonds. The Morgan fingerprint density at radius 1 is 0.725 bits per heavy atom. The highest BCUT2D eigenvalue weighted by atomic mass is 19.1. The predicted molar refractivity (Wildman–Crippen MR) is 194 cm³/mol. The van der Waals surface area contributed by atoms with Crippen LogP contribution < -0.4 is 9.47 Å². The van der Waals surface area contributed by atoms with E-state index in [1.165, 1.54) is 40.5 Å². The lowest BCUT2D eigenvalue weighted by Gasteiger charge is -2.14. The van der Waals surface area contributed by atoms with E-state index in [9.17, 15) is 18.7 Å². The van der Waals surface area contributed by atoms with Crippen molar-refractivity contribution in [1.82, 2.24) is 9.13 Å². The number of aryl methyl sites for hydroxylation is 4. The van der Waals surface area contributed by atoms with Crippen LogP contribution in [-0.4, -0.2) is 41.0 Å². The Morgan fingerprint density at radius 3 is 1.76 bits per heavy atom. The molecule has 0 radical (unpaired) electrons. The minimum Gasteiger partial charge on any atom is -0.496 e. The van der Waals surface area contributed by atoms with Crippen molar-refractivity contribution in [1.29, 1.82) is 0 Å². The number of ether oxygens (including phenoxy) is 3. The molecule has 8 rings (SSSR count). The third-order valence-electron chi connectivity index (χ3n) is 10.1. The van der Waals surface area contributed by atoms with Gasteiger partial charge in [0.05, 0.1) is 38.5 Å². The van der Waals surface area contributed by atoms with Gasteiger partial charge in [0, 0.05) is 29.6 Å². The number of fused-ring (bicyclic) bond motifs is 6. The number of nitrogens with zero attached hydrogens (tertiary/aromatic N) is 2. The molecule has 264 valence electrons. The van der Waals surface area contributed by atoms with E-state index in [2.05, 4.69) is 16.7 Å². The minimum atomic E-state index is -0.376. The van der Waals surface area contributed by atoms with Crippen molar-refractivity contribution in [2.75, 3.05) is 20.8 Å². The molecule has 2 heterocycles. The molecule has 0 unspecified atom stereocenters. The third-order valence-corrected chi connectivity index (χ3v) is 10.1. The molecule has 4 aromatic carbocycles. The second-order valence-electron chi connectivity index (χ2n) is 13.1. The van der Waals surface area contributed by atoms with Crippen LogP contribution >= 0.6 is 0 Å². The van der Waals surface area contributed by atoms with Gasteiger partial charge in [-0.2, -0.15) is 0 Å². The summed E-state index contributed by atoms with van der Waals surface area (Å²) in [4.78, 5) is 12.6. The van der Waals surface area contributed by atoms with Crippen LogP contribution in [0.25, 0.3) is 21.8 Å². The zero-order chi connectivity index (χ0) is 35.6. The van der Waals surface area contributed by atoms with Crippen LogP contribution in [0.5, 0.6) is 11.5 Å². The summed E-state index contributed by atoms with van der Waals surface area (Å²) < 4.78 is 47.8. The molecule has 0 fully saturated rings. The van der Waals surface area contributed by atoms with Crippen LogP contribution in [0.15, 0.2) is 72.8 Å². The van der Waals surface area contributed by atoms with Gasteiger partial charge in [0.1, 0.15) is 28.8 Å². The van der Waals surface area contributed by atoms with Crippen LogP contribution in [0.4, 0.5) is 8.78 Å². The highest BCUT2D eigenvalue weighted by Crippen LogP contribution is 2.40. The largest absolute Gasteiger partial charge is 0.496 e. The molecule has 1 N–H and O–H groups in total. The number of rotatable bonds is 9. The zero-order valence-electron chi connectivity index (χ0n) is 29.2. The molecule has 2 aliphatic rings. The molecule has 9 heteroatoms. The highest BCUT2D eigenvalue weighted by Gasteiger charge is 2.26.